The second-order valence-corrected chi connectivity index (χ2v) is 4.59. The zero-order valence-electron chi connectivity index (χ0n) is 10.3. The Kier molecular flexibility index (Phi) is 3.55. The first-order valence-corrected chi connectivity index (χ1v) is 5.80. The van der Waals surface area contributed by atoms with E-state index < -0.39 is 0 Å². The van der Waals surface area contributed by atoms with E-state index in [-0.39, 0.29) is 5.78 Å². The molecule has 2 nitrogen and oxygen atoms in total. The third kappa shape index (κ3) is 2.92. The fraction of sp³-hybridized carbons (Fsp3) is 0.267. The predicted molar refractivity (Wildman–Crippen MR) is 71.2 cm³/mol. The summed E-state index contributed by atoms with van der Waals surface area (Å²) in [6.45, 7) is 0.503. The molecule has 2 rings (SSSR count). The molecule has 2 aromatic rings. The molecule has 0 amide bonds. The van der Waals surface area contributed by atoms with Crippen LogP contribution in [0, 0.1) is 0 Å². The molecule has 0 aliphatic carbocycles. The highest BCUT2D eigenvalue weighted by atomic mass is 16.1. The van der Waals surface area contributed by atoms with Crippen molar-refractivity contribution in [3.05, 3.63) is 48.0 Å². The first-order chi connectivity index (χ1) is 8.16. The van der Waals surface area contributed by atoms with Crippen LogP contribution in [-0.2, 0) is 11.2 Å². The quantitative estimate of drug-likeness (QED) is 0.800. The van der Waals surface area contributed by atoms with Crippen LogP contribution in [0.3, 0.4) is 0 Å². The van der Waals surface area contributed by atoms with Crippen molar-refractivity contribution in [1.29, 1.82) is 0 Å². The number of carbonyl (C=O) groups is 1. The number of carbonyl (C=O) groups excluding carboxylic acids is 1. The maximum Gasteiger partial charge on any atom is 0.151 e. The summed E-state index contributed by atoms with van der Waals surface area (Å²) >= 11 is 0. The number of Topliss-reactive ketones (excluding diaryl/α,β-unsaturated/α-hetero) is 1. The van der Waals surface area contributed by atoms with Crippen molar-refractivity contribution >= 4 is 16.6 Å². The number of likely N-dealkylation sites (N-methyl/N-ethyl adjacent to an activating group) is 1. The number of fused-ring (bicyclic) bond motifs is 1. The van der Waals surface area contributed by atoms with Crippen LogP contribution in [0.1, 0.15) is 5.56 Å². The summed E-state index contributed by atoms with van der Waals surface area (Å²) < 4.78 is 0. The van der Waals surface area contributed by atoms with Crippen LogP contribution in [0.15, 0.2) is 42.5 Å². The van der Waals surface area contributed by atoms with Crippen LogP contribution in [0.25, 0.3) is 10.8 Å². The summed E-state index contributed by atoms with van der Waals surface area (Å²) in [5.41, 5.74) is 1.12. The van der Waals surface area contributed by atoms with Gasteiger partial charge in [0.05, 0.1) is 6.54 Å². The average Bonchev–Trinajstić information content (AvgIpc) is 2.28. The van der Waals surface area contributed by atoms with Crippen LogP contribution in [0.5, 0.6) is 0 Å². The van der Waals surface area contributed by atoms with Crippen LogP contribution >= 0.6 is 0 Å². The first-order valence-electron chi connectivity index (χ1n) is 5.80. The van der Waals surface area contributed by atoms with Gasteiger partial charge in [0.1, 0.15) is 0 Å². The summed E-state index contributed by atoms with van der Waals surface area (Å²) in [5, 5.41) is 2.38. The van der Waals surface area contributed by atoms with E-state index in [0.717, 1.165) is 5.56 Å². The highest BCUT2D eigenvalue weighted by molar-refractivity contribution is 5.91. The molecule has 2 heteroatoms. The molecule has 0 N–H and O–H groups in total. The molecule has 0 radical (unpaired) electrons. The largest absolute Gasteiger partial charge is 0.302 e. The van der Waals surface area contributed by atoms with E-state index in [4.69, 9.17) is 0 Å². The van der Waals surface area contributed by atoms with Crippen LogP contribution in [-0.4, -0.2) is 31.3 Å². The van der Waals surface area contributed by atoms with E-state index in [2.05, 4.69) is 18.2 Å². The zero-order chi connectivity index (χ0) is 12.3. The van der Waals surface area contributed by atoms with Gasteiger partial charge in [0, 0.05) is 6.42 Å². The molecule has 0 saturated heterocycles. The Balaban J connectivity index is 2.27. The molecule has 0 atom stereocenters. The number of ketones is 1. The Morgan fingerprint density at radius 2 is 1.76 bits per heavy atom. The van der Waals surface area contributed by atoms with E-state index in [1.807, 2.05) is 43.3 Å². The third-order valence-corrected chi connectivity index (χ3v) is 2.76. The molecule has 0 aromatic heterocycles. The van der Waals surface area contributed by atoms with Gasteiger partial charge in [-0.2, -0.15) is 0 Å². The number of benzene rings is 2. The minimum atomic E-state index is 0.256. The number of hydrogen-bond donors (Lipinski definition) is 0. The smallest absolute Gasteiger partial charge is 0.151 e. The number of nitrogens with zero attached hydrogens (tertiary/aromatic N) is 1. The monoisotopic (exact) mass is 227 g/mol. The average molecular weight is 227 g/mol. The van der Waals surface area contributed by atoms with E-state index in [1.165, 1.54) is 10.8 Å². The lowest BCUT2D eigenvalue weighted by molar-refractivity contribution is -0.119. The summed E-state index contributed by atoms with van der Waals surface area (Å²) in [7, 11) is 3.84. The molecule has 0 saturated carbocycles. The second kappa shape index (κ2) is 5.11. The summed E-state index contributed by atoms with van der Waals surface area (Å²) in [6.07, 6.45) is 0.513. The van der Waals surface area contributed by atoms with Crippen LogP contribution in [0.4, 0.5) is 0 Å². The van der Waals surface area contributed by atoms with E-state index >= 15 is 0 Å². The van der Waals surface area contributed by atoms with Gasteiger partial charge in [-0.15, -0.1) is 0 Å². The second-order valence-electron chi connectivity index (χ2n) is 4.59. The van der Waals surface area contributed by atoms with Gasteiger partial charge in [-0.05, 0) is 30.4 Å². The van der Waals surface area contributed by atoms with Gasteiger partial charge in [-0.3, -0.25) is 4.79 Å². The SMILES string of the molecule is CN(C)CC(=O)Cc1cccc2ccccc12. The number of hydrogen-bond acceptors (Lipinski definition) is 2. The molecular weight excluding hydrogens is 210 g/mol. The van der Waals surface area contributed by atoms with Gasteiger partial charge >= 0.3 is 0 Å². The van der Waals surface area contributed by atoms with Crippen LogP contribution in [0.2, 0.25) is 0 Å². The molecule has 0 aliphatic heterocycles. The van der Waals surface area contributed by atoms with Crippen molar-refractivity contribution in [2.24, 2.45) is 0 Å². The lowest BCUT2D eigenvalue weighted by Gasteiger charge is -2.09. The van der Waals surface area contributed by atoms with Gasteiger partial charge in [-0.25, -0.2) is 0 Å². The summed E-state index contributed by atoms with van der Waals surface area (Å²) in [4.78, 5) is 13.7. The number of rotatable bonds is 4. The van der Waals surface area contributed by atoms with Crippen molar-refractivity contribution in [3.8, 4) is 0 Å². The standard InChI is InChI=1S/C15H17NO/c1-16(2)11-14(17)10-13-8-5-7-12-6-3-4-9-15(12)13/h3-9H,10-11H2,1-2H3. The highest BCUT2D eigenvalue weighted by Crippen LogP contribution is 2.18. The molecule has 0 spiro atoms. The van der Waals surface area contributed by atoms with E-state index in [1.54, 1.807) is 0 Å². The molecular formula is C15H17NO. The highest BCUT2D eigenvalue weighted by Gasteiger charge is 2.07. The van der Waals surface area contributed by atoms with Crippen LogP contribution < -0.4 is 0 Å². The maximum atomic E-state index is 11.8. The van der Waals surface area contributed by atoms with Gasteiger partial charge in [0.2, 0.25) is 0 Å². The predicted octanol–water partition coefficient (Wildman–Crippen LogP) is 2.51. The fourth-order valence-corrected chi connectivity index (χ4v) is 2.07. The minimum absolute atomic E-state index is 0.256. The first kappa shape index (κ1) is 11.8. The third-order valence-electron chi connectivity index (χ3n) is 2.76. The van der Waals surface area contributed by atoms with Gasteiger partial charge < -0.3 is 4.90 Å². The molecule has 0 bridgehead atoms. The van der Waals surface area contributed by atoms with Crippen molar-refractivity contribution < 1.29 is 4.79 Å². The van der Waals surface area contributed by atoms with Gasteiger partial charge in [0.25, 0.3) is 0 Å². The molecule has 0 aliphatic rings. The van der Waals surface area contributed by atoms with Gasteiger partial charge in [0.15, 0.2) is 5.78 Å². The van der Waals surface area contributed by atoms with E-state index in [9.17, 15) is 4.79 Å². The Hall–Kier alpha value is -1.67. The van der Waals surface area contributed by atoms with Crippen molar-refractivity contribution in [2.75, 3.05) is 20.6 Å². The molecule has 17 heavy (non-hydrogen) atoms. The minimum Gasteiger partial charge on any atom is -0.302 e. The molecule has 0 fully saturated rings. The zero-order valence-corrected chi connectivity index (χ0v) is 10.3. The van der Waals surface area contributed by atoms with E-state index in [0.29, 0.717) is 13.0 Å². The van der Waals surface area contributed by atoms with Gasteiger partial charge in [-0.1, -0.05) is 42.5 Å². The molecule has 0 unspecified atom stereocenters. The Bertz CT molecular complexity index is 526. The maximum absolute atomic E-state index is 11.8. The molecule has 0 heterocycles. The Morgan fingerprint density at radius 3 is 2.53 bits per heavy atom. The Labute approximate surface area is 102 Å². The topological polar surface area (TPSA) is 20.3 Å². The summed E-state index contributed by atoms with van der Waals surface area (Å²) in [6, 6.07) is 14.3. The van der Waals surface area contributed by atoms with Crippen molar-refractivity contribution in [2.45, 2.75) is 6.42 Å². The molecule has 88 valence electrons. The lowest BCUT2D eigenvalue weighted by Crippen LogP contribution is -2.23. The Morgan fingerprint density at radius 1 is 1.06 bits per heavy atom. The lowest BCUT2D eigenvalue weighted by atomic mass is 10.0. The summed E-state index contributed by atoms with van der Waals surface area (Å²) in [5.74, 6) is 0.256. The molecule has 2 aromatic carbocycles. The van der Waals surface area contributed by atoms with Crippen molar-refractivity contribution in [3.63, 3.8) is 0 Å². The van der Waals surface area contributed by atoms with Crippen molar-refractivity contribution in [1.82, 2.24) is 4.90 Å². The normalized spacial score (nSPS) is 11.0. The fourth-order valence-electron chi connectivity index (χ4n) is 2.07.